The predicted molar refractivity (Wildman–Crippen MR) is 129 cm³/mol. The summed E-state index contributed by atoms with van der Waals surface area (Å²) in [6.45, 7) is 4.57. The van der Waals surface area contributed by atoms with Crippen molar-refractivity contribution in [2.75, 3.05) is 42.5 Å². The number of anilines is 2. The Morgan fingerprint density at radius 1 is 1.00 bits per heavy atom. The third kappa shape index (κ3) is 5.38. The molecule has 160 valence electrons. The normalized spacial score (nSPS) is 17.7. The smallest absolute Gasteiger partial charge is 0.226 e. The number of piperazine rings is 1. The minimum atomic E-state index is 0. The van der Waals surface area contributed by atoms with Crippen LogP contribution in [0.15, 0.2) is 47.7 Å². The van der Waals surface area contributed by atoms with E-state index in [0.717, 1.165) is 62.8 Å². The second kappa shape index (κ2) is 10.6. The van der Waals surface area contributed by atoms with Gasteiger partial charge in [0.2, 0.25) is 11.9 Å². The minimum Gasteiger partial charge on any atom is -0.370 e. The van der Waals surface area contributed by atoms with Crippen LogP contribution in [-0.4, -0.2) is 59.5 Å². The van der Waals surface area contributed by atoms with Gasteiger partial charge in [-0.25, -0.2) is 15.0 Å². The van der Waals surface area contributed by atoms with Crippen molar-refractivity contribution >= 4 is 47.5 Å². The first kappa shape index (κ1) is 22.3. The summed E-state index contributed by atoms with van der Waals surface area (Å²) in [4.78, 5) is 31.4. The molecule has 8 nitrogen and oxygen atoms in total. The van der Waals surface area contributed by atoms with Gasteiger partial charge in [-0.2, -0.15) is 0 Å². The van der Waals surface area contributed by atoms with Gasteiger partial charge in [0, 0.05) is 57.2 Å². The molecule has 2 aliphatic heterocycles. The number of aromatic nitrogens is 2. The molecule has 2 aromatic rings. The number of aliphatic imine (C=N–C) groups is 1. The lowest BCUT2D eigenvalue weighted by Crippen LogP contribution is -2.51. The number of hydrogen-bond donors (Lipinski definition) is 1. The Morgan fingerprint density at radius 2 is 1.70 bits per heavy atom. The van der Waals surface area contributed by atoms with Gasteiger partial charge in [-0.15, -0.1) is 24.0 Å². The molecular formula is C21H28IN7O. The third-order valence-electron chi connectivity index (χ3n) is 5.43. The maximum Gasteiger partial charge on any atom is 0.226 e. The van der Waals surface area contributed by atoms with E-state index in [-0.39, 0.29) is 29.9 Å². The van der Waals surface area contributed by atoms with Crippen molar-refractivity contribution < 1.29 is 4.79 Å². The summed E-state index contributed by atoms with van der Waals surface area (Å²) in [6.07, 6.45) is 6.23. The summed E-state index contributed by atoms with van der Waals surface area (Å²) in [7, 11) is 0. The van der Waals surface area contributed by atoms with Crippen LogP contribution in [0, 0.1) is 0 Å². The number of carbonyl (C=O) groups is 1. The topological polar surface area (TPSA) is 91.0 Å². The zero-order valence-corrected chi connectivity index (χ0v) is 19.3. The van der Waals surface area contributed by atoms with Gasteiger partial charge in [0.25, 0.3) is 0 Å². The first-order chi connectivity index (χ1) is 14.2. The molecule has 0 atom stereocenters. The molecule has 4 rings (SSSR count). The van der Waals surface area contributed by atoms with E-state index >= 15 is 0 Å². The van der Waals surface area contributed by atoms with Crippen LogP contribution in [0.2, 0.25) is 0 Å². The lowest BCUT2D eigenvalue weighted by molar-refractivity contribution is -0.119. The molecule has 0 aliphatic carbocycles. The molecule has 2 N–H and O–H groups in total. The standard InChI is InChI=1S/C21H27N7O.HI/c22-20(26-12-14-27(15-13-26)21-23-9-3-10-24-21)25-16-17-5-7-18(8-6-17)28-11-2-1-4-19(28)29;/h3,5-10H,1-2,4,11-16H2,(H2,22,25);1H. The molecule has 2 fully saturated rings. The summed E-state index contributed by atoms with van der Waals surface area (Å²) < 4.78 is 0. The summed E-state index contributed by atoms with van der Waals surface area (Å²) in [5.74, 6) is 1.54. The number of halogens is 1. The maximum absolute atomic E-state index is 12.1. The quantitative estimate of drug-likeness (QED) is 0.377. The molecule has 0 radical (unpaired) electrons. The Balaban J connectivity index is 0.00000256. The molecule has 1 aromatic heterocycles. The number of rotatable bonds is 4. The van der Waals surface area contributed by atoms with Crippen molar-refractivity contribution in [3.05, 3.63) is 48.3 Å². The van der Waals surface area contributed by atoms with Crippen LogP contribution in [0.3, 0.4) is 0 Å². The molecule has 0 unspecified atom stereocenters. The number of amides is 1. The van der Waals surface area contributed by atoms with Crippen molar-refractivity contribution in [3.63, 3.8) is 0 Å². The van der Waals surface area contributed by atoms with Crippen molar-refractivity contribution in [2.24, 2.45) is 10.7 Å². The van der Waals surface area contributed by atoms with E-state index < -0.39 is 0 Å². The molecule has 9 heteroatoms. The fourth-order valence-corrected chi connectivity index (χ4v) is 3.72. The zero-order valence-electron chi connectivity index (χ0n) is 17.0. The van der Waals surface area contributed by atoms with Crippen molar-refractivity contribution in [3.8, 4) is 0 Å². The van der Waals surface area contributed by atoms with Gasteiger partial charge in [0.05, 0.1) is 6.54 Å². The molecule has 2 aliphatic rings. The Hall–Kier alpha value is -2.43. The summed E-state index contributed by atoms with van der Waals surface area (Å²) in [6, 6.07) is 9.88. The van der Waals surface area contributed by atoms with Crippen molar-refractivity contribution in [1.29, 1.82) is 0 Å². The van der Waals surface area contributed by atoms with E-state index in [4.69, 9.17) is 5.73 Å². The monoisotopic (exact) mass is 521 g/mol. The number of piperidine rings is 1. The second-order valence-electron chi connectivity index (χ2n) is 7.37. The van der Waals surface area contributed by atoms with Crippen LogP contribution in [-0.2, 0) is 11.3 Å². The second-order valence-corrected chi connectivity index (χ2v) is 7.37. The lowest BCUT2D eigenvalue weighted by Gasteiger charge is -2.35. The molecule has 0 saturated carbocycles. The van der Waals surface area contributed by atoms with Gasteiger partial charge >= 0.3 is 0 Å². The fourth-order valence-electron chi connectivity index (χ4n) is 3.72. The minimum absolute atomic E-state index is 0. The number of nitrogens with two attached hydrogens (primary N) is 1. The van der Waals surface area contributed by atoms with Gasteiger partial charge in [-0.05, 0) is 36.6 Å². The first-order valence-electron chi connectivity index (χ1n) is 10.2. The highest BCUT2D eigenvalue weighted by atomic mass is 127. The molecule has 1 aromatic carbocycles. The summed E-state index contributed by atoms with van der Waals surface area (Å²) in [5.41, 5.74) is 8.27. The van der Waals surface area contributed by atoms with Crippen LogP contribution in [0.25, 0.3) is 0 Å². The van der Waals surface area contributed by atoms with Crippen LogP contribution < -0.4 is 15.5 Å². The average molecular weight is 521 g/mol. The Labute approximate surface area is 194 Å². The van der Waals surface area contributed by atoms with Crippen LogP contribution in [0.4, 0.5) is 11.6 Å². The van der Waals surface area contributed by atoms with Crippen molar-refractivity contribution in [2.45, 2.75) is 25.8 Å². The Morgan fingerprint density at radius 3 is 2.37 bits per heavy atom. The summed E-state index contributed by atoms with van der Waals surface area (Å²) in [5, 5.41) is 0. The van der Waals surface area contributed by atoms with E-state index in [2.05, 4.69) is 24.8 Å². The van der Waals surface area contributed by atoms with E-state index in [1.165, 1.54) is 0 Å². The SMILES string of the molecule is I.NC(=NCc1ccc(N2CCCCC2=O)cc1)N1CCN(c2ncccn2)CC1. The Bertz CT molecular complexity index is 851. The van der Waals surface area contributed by atoms with Gasteiger partial charge in [0.1, 0.15) is 0 Å². The number of carbonyl (C=O) groups excluding carboxylic acids is 1. The van der Waals surface area contributed by atoms with Crippen molar-refractivity contribution in [1.82, 2.24) is 14.9 Å². The average Bonchev–Trinajstić information content (AvgIpc) is 2.79. The fraction of sp³-hybridized carbons (Fsp3) is 0.429. The van der Waals surface area contributed by atoms with Gasteiger partial charge in [0.15, 0.2) is 5.96 Å². The molecule has 0 bridgehead atoms. The van der Waals surface area contributed by atoms with Crippen LogP contribution >= 0.6 is 24.0 Å². The number of nitrogens with zero attached hydrogens (tertiary/aromatic N) is 6. The zero-order chi connectivity index (χ0) is 20.1. The van der Waals surface area contributed by atoms with Gasteiger partial charge in [-0.3, -0.25) is 4.79 Å². The molecule has 3 heterocycles. The van der Waals surface area contributed by atoms with E-state index in [0.29, 0.717) is 18.9 Å². The molecule has 0 spiro atoms. The van der Waals surface area contributed by atoms with E-state index in [9.17, 15) is 4.79 Å². The number of hydrogen-bond acceptors (Lipinski definition) is 5. The highest BCUT2D eigenvalue weighted by Crippen LogP contribution is 2.21. The molecule has 30 heavy (non-hydrogen) atoms. The predicted octanol–water partition coefficient (Wildman–Crippen LogP) is 2.25. The van der Waals surface area contributed by atoms with Gasteiger partial charge in [-0.1, -0.05) is 12.1 Å². The first-order valence-corrected chi connectivity index (χ1v) is 10.2. The largest absolute Gasteiger partial charge is 0.370 e. The maximum atomic E-state index is 12.1. The molecular weight excluding hydrogens is 493 g/mol. The number of benzene rings is 1. The van der Waals surface area contributed by atoms with E-state index in [1.54, 1.807) is 12.4 Å². The highest BCUT2D eigenvalue weighted by molar-refractivity contribution is 14.0. The highest BCUT2D eigenvalue weighted by Gasteiger charge is 2.20. The molecule has 2 saturated heterocycles. The van der Waals surface area contributed by atoms with Crippen LogP contribution in [0.5, 0.6) is 0 Å². The lowest BCUT2D eigenvalue weighted by atomic mass is 10.1. The third-order valence-corrected chi connectivity index (χ3v) is 5.43. The van der Waals surface area contributed by atoms with Crippen LogP contribution in [0.1, 0.15) is 24.8 Å². The number of guanidine groups is 1. The Kier molecular flexibility index (Phi) is 7.83. The molecule has 1 amide bonds. The van der Waals surface area contributed by atoms with E-state index in [1.807, 2.05) is 35.2 Å². The van der Waals surface area contributed by atoms with Gasteiger partial charge < -0.3 is 20.4 Å². The summed E-state index contributed by atoms with van der Waals surface area (Å²) >= 11 is 0.